The van der Waals surface area contributed by atoms with Crippen LogP contribution in [0.5, 0.6) is 0 Å². The minimum atomic E-state index is -0.135. The molecule has 0 aromatic heterocycles. The molecule has 4 fully saturated rings. The van der Waals surface area contributed by atoms with E-state index in [0.29, 0.717) is 18.9 Å². The van der Waals surface area contributed by atoms with E-state index in [1.54, 1.807) is 0 Å². The van der Waals surface area contributed by atoms with E-state index in [2.05, 4.69) is 32.3 Å². The van der Waals surface area contributed by atoms with E-state index in [4.69, 9.17) is 28.0 Å². The molecule has 0 aromatic rings. The highest BCUT2D eigenvalue weighted by Crippen LogP contribution is 2.35. The van der Waals surface area contributed by atoms with Crippen molar-refractivity contribution in [1.82, 2.24) is 32.3 Å². The number of fused-ring (bicyclic) bond motifs is 1. The summed E-state index contributed by atoms with van der Waals surface area (Å²) in [5, 5.41) is 10.0. The average Bonchev–Trinajstić information content (AvgIpc) is 3.28. The average molecular weight is 520 g/mol. The summed E-state index contributed by atoms with van der Waals surface area (Å²) in [5.41, 5.74) is 8.98. The first kappa shape index (κ1) is 26.4. The van der Waals surface area contributed by atoms with Gasteiger partial charge in [0.25, 0.3) is 0 Å². The van der Waals surface area contributed by atoms with Crippen LogP contribution in [0, 0.1) is 17.8 Å². The molecule has 7 unspecified atom stereocenters. The number of nitrogens with one attached hydrogen (secondary N) is 6. The third kappa shape index (κ3) is 6.96. The zero-order valence-electron chi connectivity index (χ0n) is 19.8. The van der Waals surface area contributed by atoms with Crippen LogP contribution in [0.4, 0.5) is 0 Å². The van der Waals surface area contributed by atoms with Crippen LogP contribution in [-0.4, -0.2) is 54.2 Å². The highest BCUT2D eigenvalue weighted by Gasteiger charge is 2.41. The van der Waals surface area contributed by atoms with Gasteiger partial charge in [-0.1, -0.05) is 19.3 Å². The molecule has 4 aliphatic rings. The molecule has 2 saturated heterocycles. The Hall–Kier alpha value is -0.680. The maximum Gasteiger partial charge on any atom is 0.237 e. The molecule has 11 heteroatoms. The van der Waals surface area contributed by atoms with Crippen molar-refractivity contribution >= 4 is 35.0 Å². The van der Waals surface area contributed by atoms with Crippen molar-refractivity contribution in [3.8, 4) is 0 Å². The monoisotopic (exact) mass is 518 g/mol. The van der Waals surface area contributed by atoms with E-state index in [9.17, 15) is 9.59 Å². The quantitative estimate of drug-likeness (QED) is 0.193. The van der Waals surface area contributed by atoms with Crippen LogP contribution in [0.15, 0.2) is 0 Å². The summed E-state index contributed by atoms with van der Waals surface area (Å²) in [7, 11) is 0. The van der Waals surface area contributed by atoms with Crippen molar-refractivity contribution in [2.24, 2.45) is 17.8 Å². The predicted octanol–water partition coefficient (Wildman–Crippen LogP) is 1.81. The topological polar surface area (TPSA) is 116 Å². The Kier molecular flexibility index (Phi) is 10.1. The molecule has 2 amide bonds. The number of halogens is 2. The third-order valence-corrected chi connectivity index (χ3v) is 8.75. The first-order valence-corrected chi connectivity index (χ1v) is 13.9. The summed E-state index contributed by atoms with van der Waals surface area (Å²) >= 11 is 13.0. The Morgan fingerprint density at radius 3 is 2.65 bits per heavy atom. The van der Waals surface area contributed by atoms with Crippen molar-refractivity contribution < 1.29 is 14.4 Å². The van der Waals surface area contributed by atoms with Crippen molar-refractivity contribution in [3.05, 3.63) is 0 Å². The standard InChI is InChI=1S/C23H40Cl2N6O3/c24-16-8-3-9-17(25)20(16)22-28-19(34-31-22)11-4-10-18(32)26-12-5-13-27-21-14-6-1-2-7-15(14)23(33)30-29-21/h14-17,19-22,27-29,31H,1-13H2,(H,26,32)(H,30,33). The third-order valence-electron chi connectivity index (χ3n) is 7.73. The van der Waals surface area contributed by atoms with E-state index < -0.39 is 0 Å². The van der Waals surface area contributed by atoms with Gasteiger partial charge in [-0.3, -0.25) is 25.2 Å². The fraction of sp³-hybridized carbons (Fsp3) is 0.913. The lowest BCUT2D eigenvalue weighted by Crippen LogP contribution is -2.64. The number of carbonyl (C=O) groups excluding carboxylic acids is 2. The van der Waals surface area contributed by atoms with Gasteiger partial charge in [-0.05, 0) is 51.5 Å². The largest absolute Gasteiger partial charge is 0.356 e. The Bertz CT molecular complexity index is 679. The van der Waals surface area contributed by atoms with Gasteiger partial charge in [-0.25, -0.2) is 5.43 Å². The van der Waals surface area contributed by atoms with Gasteiger partial charge in [0.1, 0.15) is 6.23 Å². The molecule has 4 rings (SSSR count). The van der Waals surface area contributed by atoms with Gasteiger partial charge in [-0.2, -0.15) is 5.48 Å². The van der Waals surface area contributed by atoms with Crippen LogP contribution in [0.3, 0.4) is 0 Å². The Morgan fingerprint density at radius 1 is 1.03 bits per heavy atom. The van der Waals surface area contributed by atoms with Crippen LogP contribution in [-0.2, 0) is 14.4 Å². The summed E-state index contributed by atoms with van der Waals surface area (Å²) in [6.07, 6.45) is 10.1. The molecule has 0 spiro atoms. The van der Waals surface area contributed by atoms with Gasteiger partial charge in [0.2, 0.25) is 11.8 Å². The molecule has 2 aliphatic carbocycles. The lowest BCUT2D eigenvalue weighted by molar-refractivity contribution is -0.134. The number of hydrazine groups is 1. The van der Waals surface area contributed by atoms with Gasteiger partial charge in [0, 0.05) is 41.5 Å². The minimum absolute atomic E-state index is 0.0422. The molecular weight excluding hydrogens is 479 g/mol. The number of hydrogen-bond donors (Lipinski definition) is 6. The number of carbonyl (C=O) groups is 2. The molecule has 194 valence electrons. The first-order valence-electron chi connectivity index (χ1n) is 13.0. The molecule has 0 radical (unpaired) electrons. The zero-order valence-corrected chi connectivity index (χ0v) is 21.3. The molecule has 0 aromatic carbocycles. The van der Waals surface area contributed by atoms with Gasteiger partial charge >= 0.3 is 0 Å². The lowest BCUT2D eigenvalue weighted by Gasteiger charge is -2.41. The Balaban J connectivity index is 1.04. The number of hydroxylamine groups is 1. The van der Waals surface area contributed by atoms with E-state index in [0.717, 1.165) is 64.3 Å². The highest BCUT2D eigenvalue weighted by atomic mass is 35.5. The first-order chi connectivity index (χ1) is 16.5. The van der Waals surface area contributed by atoms with Gasteiger partial charge < -0.3 is 10.6 Å². The second-order valence-electron chi connectivity index (χ2n) is 10.1. The number of alkyl halides is 2. The Labute approximate surface area is 212 Å². The molecule has 2 saturated carbocycles. The summed E-state index contributed by atoms with van der Waals surface area (Å²) < 4.78 is 0. The maximum atomic E-state index is 12.2. The van der Waals surface area contributed by atoms with E-state index in [1.807, 2.05) is 0 Å². The summed E-state index contributed by atoms with van der Waals surface area (Å²) in [6, 6.07) is 0. The van der Waals surface area contributed by atoms with Crippen molar-refractivity contribution in [1.29, 1.82) is 0 Å². The number of hydrogen-bond acceptors (Lipinski definition) is 7. The second-order valence-corrected chi connectivity index (χ2v) is 11.2. The molecule has 2 heterocycles. The van der Waals surface area contributed by atoms with Crippen LogP contribution in [0.25, 0.3) is 0 Å². The predicted molar refractivity (Wildman–Crippen MR) is 132 cm³/mol. The zero-order chi connectivity index (χ0) is 23.9. The van der Waals surface area contributed by atoms with Crippen LogP contribution in [0.1, 0.15) is 70.6 Å². The van der Waals surface area contributed by atoms with E-state index in [-0.39, 0.29) is 53.0 Å². The van der Waals surface area contributed by atoms with Gasteiger partial charge in [0.15, 0.2) is 0 Å². The molecule has 2 aliphatic heterocycles. The minimum Gasteiger partial charge on any atom is -0.356 e. The number of rotatable bonds is 10. The molecule has 7 atom stereocenters. The fourth-order valence-electron chi connectivity index (χ4n) is 5.84. The van der Waals surface area contributed by atoms with Crippen molar-refractivity contribution in [2.75, 3.05) is 13.1 Å². The normalized spacial score (nSPS) is 38.2. The maximum absolute atomic E-state index is 12.2. The molecule has 0 bridgehead atoms. The van der Waals surface area contributed by atoms with E-state index in [1.165, 1.54) is 6.42 Å². The van der Waals surface area contributed by atoms with Gasteiger partial charge in [0.05, 0.1) is 12.3 Å². The lowest BCUT2D eigenvalue weighted by atomic mass is 9.76. The smallest absolute Gasteiger partial charge is 0.237 e. The molecule has 6 N–H and O–H groups in total. The van der Waals surface area contributed by atoms with Crippen LogP contribution < -0.4 is 32.3 Å². The van der Waals surface area contributed by atoms with Crippen molar-refractivity contribution in [2.45, 2.75) is 99.9 Å². The second kappa shape index (κ2) is 13.0. The molecule has 9 nitrogen and oxygen atoms in total. The highest BCUT2D eigenvalue weighted by molar-refractivity contribution is 6.24. The SMILES string of the molecule is O=C(CCCC1NC(C2C(Cl)CCCC2Cl)NO1)NCCCNC1NNC(=O)C2CCCCC12. The Morgan fingerprint density at radius 2 is 1.82 bits per heavy atom. The molecular formula is C23H40Cl2N6O3. The fourth-order valence-corrected chi connectivity index (χ4v) is 6.86. The summed E-state index contributed by atoms with van der Waals surface area (Å²) in [4.78, 5) is 29.9. The summed E-state index contributed by atoms with van der Waals surface area (Å²) in [5.74, 6) is 0.780. The summed E-state index contributed by atoms with van der Waals surface area (Å²) in [6.45, 7) is 1.42. The van der Waals surface area contributed by atoms with E-state index >= 15 is 0 Å². The molecule has 34 heavy (non-hydrogen) atoms. The van der Waals surface area contributed by atoms with Crippen LogP contribution in [0.2, 0.25) is 0 Å². The number of amides is 2. The van der Waals surface area contributed by atoms with Crippen LogP contribution >= 0.6 is 23.2 Å². The van der Waals surface area contributed by atoms with Crippen molar-refractivity contribution in [3.63, 3.8) is 0 Å². The van der Waals surface area contributed by atoms with Gasteiger partial charge in [-0.15, -0.1) is 23.2 Å².